The van der Waals surface area contributed by atoms with E-state index in [4.69, 9.17) is 0 Å². The second-order valence-corrected chi connectivity index (χ2v) is 6.54. The van der Waals surface area contributed by atoms with E-state index in [1.165, 1.54) is 18.4 Å². The van der Waals surface area contributed by atoms with Gasteiger partial charge in [0, 0.05) is 18.3 Å². The fourth-order valence-electron chi connectivity index (χ4n) is 3.37. The van der Waals surface area contributed by atoms with Crippen molar-refractivity contribution in [1.29, 1.82) is 0 Å². The molecule has 0 amide bonds. The molecule has 0 aliphatic heterocycles. The van der Waals surface area contributed by atoms with Gasteiger partial charge in [-0.05, 0) is 44.9 Å². The zero-order chi connectivity index (χ0) is 13.8. The quantitative estimate of drug-likeness (QED) is 0.715. The maximum atomic E-state index is 12.3. The molecule has 0 saturated heterocycles. The van der Waals surface area contributed by atoms with Crippen molar-refractivity contribution in [2.24, 2.45) is 17.8 Å². The summed E-state index contributed by atoms with van der Waals surface area (Å²) in [5.41, 5.74) is 1.28. The first-order valence-corrected chi connectivity index (χ1v) is 7.77. The fourth-order valence-corrected chi connectivity index (χ4v) is 3.37. The first-order chi connectivity index (χ1) is 9.06. The Hall–Kier alpha value is -0.920. The number of Topliss-reactive ketones (excluding diaryl/α,β-unsaturated/α-hetero) is 2. The van der Waals surface area contributed by atoms with Crippen molar-refractivity contribution < 1.29 is 9.59 Å². The summed E-state index contributed by atoms with van der Waals surface area (Å²) in [6.07, 6.45) is 10.1. The summed E-state index contributed by atoms with van der Waals surface area (Å²) in [6.45, 7) is 3.96. The van der Waals surface area contributed by atoms with E-state index in [1.807, 2.05) is 0 Å². The molecule has 1 unspecified atom stereocenters. The summed E-state index contributed by atoms with van der Waals surface area (Å²) in [5.74, 6) is 2.05. The van der Waals surface area contributed by atoms with E-state index in [0.717, 1.165) is 38.0 Å². The summed E-state index contributed by atoms with van der Waals surface area (Å²) < 4.78 is 0. The summed E-state index contributed by atoms with van der Waals surface area (Å²) >= 11 is 0. The molecule has 0 aromatic heterocycles. The van der Waals surface area contributed by atoms with Gasteiger partial charge in [-0.15, -0.1) is 0 Å². The van der Waals surface area contributed by atoms with Crippen molar-refractivity contribution in [1.82, 2.24) is 0 Å². The number of hydrogen-bond donors (Lipinski definition) is 0. The lowest BCUT2D eigenvalue weighted by Crippen LogP contribution is -2.22. The van der Waals surface area contributed by atoms with Gasteiger partial charge in [0.1, 0.15) is 11.6 Å². The highest BCUT2D eigenvalue weighted by Crippen LogP contribution is 2.32. The van der Waals surface area contributed by atoms with Gasteiger partial charge in [-0.1, -0.05) is 31.4 Å². The molecule has 2 rings (SSSR count). The van der Waals surface area contributed by atoms with Crippen molar-refractivity contribution in [2.75, 3.05) is 0 Å². The Kier molecular flexibility index (Phi) is 4.95. The fraction of sp³-hybridized carbons (Fsp3) is 0.765. The van der Waals surface area contributed by atoms with Crippen LogP contribution >= 0.6 is 0 Å². The molecule has 0 heterocycles. The van der Waals surface area contributed by atoms with E-state index in [2.05, 4.69) is 13.0 Å². The van der Waals surface area contributed by atoms with Crippen LogP contribution in [0, 0.1) is 17.8 Å². The number of hydrogen-bond acceptors (Lipinski definition) is 2. The number of allylic oxidation sites excluding steroid dienone is 2. The van der Waals surface area contributed by atoms with Crippen molar-refractivity contribution in [3.8, 4) is 0 Å². The van der Waals surface area contributed by atoms with Crippen LogP contribution in [0.2, 0.25) is 0 Å². The van der Waals surface area contributed by atoms with E-state index in [1.54, 1.807) is 6.92 Å². The predicted molar refractivity (Wildman–Crippen MR) is 76.9 cm³/mol. The van der Waals surface area contributed by atoms with Gasteiger partial charge in [-0.3, -0.25) is 9.59 Å². The molecule has 2 nitrogen and oxygen atoms in total. The van der Waals surface area contributed by atoms with Crippen LogP contribution in [0.1, 0.15) is 65.2 Å². The minimum atomic E-state index is 0.203. The van der Waals surface area contributed by atoms with Gasteiger partial charge in [0.25, 0.3) is 0 Å². The lowest BCUT2D eigenvalue weighted by Gasteiger charge is -2.26. The third-order valence-electron chi connectivity index (χ3n) is 4.95. The maximum Gasteiger partial charge on any atom is 0.139 e. The van der Waals surface area contributed by atoms with E-state index in [-0.39, 0.29) is 5.92 Å². The summed E-state index contributed by atoms with van der Waals surface area (Å²) in [7, 11) is 0. The van der Waals surface area contributed by atoms with Crippen LogP contribution in [0.5, 0.6) is 0 Å². The molecule has 2 aliphatic rings. The number of rotatable bonds is 4. The third-order valence-corrected chi connectivity index (χ3v) is 4.95. The zero-order valence-corrected chi connectivity index (χ0v) is 12.3. The molecule has 0 spiro atoms. The molecule has 2 aliphatic carbocycles. The minimum Gasteiger partial charge on any atom is -0.300 e. The highest BCUT2D eigenvalue weighted by Gasteiger charge is 2.26. The zero-order valence-electron chi connectivity index (χ0n) is 12.3. The van der Waals surface area contributed by atoms with E-state index >= 15 is 0 Å². The van der Waals surface area contributed by atoms with Gasteiger partial charge in [0.15, 0.2) is 0 Å². The van der Waals surface area contributed by atoms with Crippen LogP contribution in [0.25, 0.3) is 0 Å². The van der Waals surface area contributed by atoms with Crippen LogP contribution in [0.3, 0.4) is 0 Å². The van der Waals surface area contributed by atoms with Gasteiger partial charge in [-0.25, -0.2) is 0 Å². The van der Waals surface area contributed by atoms with Gasteiger partial charge in [0.2, 0.25) is 0 Å². The van der Waals surface area contributed by atoms with Crippen LogP contribution in [0.4, 0.5) is 0 Å². The monoisotopic (exact) mass is 262 g/mol. The van der Waals surface area contributed by atoms with E-state index in [9.17, 15) is 9.59 Å². The van der Waals surface area contributed by atoms with Crippen LogP contribution in [-0.2, 0) is 9.59 Å². The minimum absolute atomic E-state index is 0.203. The van der Waals surface area contributed by atoms with Crippen LogP contribution < -0.4 is 0 Å². The second-order valence-electron chi connectivity index (χ2n) is 6.54. The molecular weight excluding hydrogens is 236 g/mol. The highest BCUT2D eigenvalue weighted by molar-refractivity contribution is 5.83. The Bertz CT molecular complexity index is 373. The van der Waals surface area contributed by atoms with Crippen molar-refractivity contribution in [3.05, 3.63) is 11.6 Å². The predicted octanol–water partition coefficient (Wildman–Crippen LogP) is 4.09. The number of carbonyl (C=O) groups excluding carboxylic acids is 2. The van der Waals surface area contributed by atoms with Crippen molar-refractivity contribution >= 4 is 11.6 Å². The first-order valence-electron chi connectivity index (χ1n) is 7.77. The molecule has 0 aromatic carbocycles. The lowest BCUT2D eigenvalue weighted by atomic mass is 9.78. The van der Waals surface area contributed by atoms with Crippen molar-refractivity contribution in [2.45, 2.75) is 65.2 Å². The first kappa shape index (κ1) is 14.5. The molecule has 1 atom stereocenters. The van der Waals surface area contributed by atoms with E-state index < -0.39 is 0 Å². The average Bonchev–Trinajstić information content (AvgIpc) is 2.40. The summed E-state index contributed by atoms with van der Waals surface area (Å²) in [6, 6.07) is 0. The normalized spacial score (nSPS) is 31.7. The summed E-state index contributed by atoms with van der Waals surface area (Å²) in [5, 5.41) is 0. The Balaban J connectivity index is 1.81. The molecule has 0 aromatic rings. The standard InChI is InChI=1S/C17H26O2/c1-12-3-7-16(8-4-12)17(19)11-14-5-9-15(10-6-14)13(2)18/h5,12,15-16H,3-4,6-11H2,1-2H3. The molecular formula is C17H26O2. The Morgan fingerprint density at radius 3 is 2.32 bits per heavy atom. The molecule has 19 heavy (non-hydrogen) atoms. The molecule has 0 radical (unpaired) electrons. The van der Waals surface area contributed by atoms with E-state index in [0.29, 0.717) is 23.9 Å². The van der Waals surface area contributed by atoms with Gasteiger partial charge in [-0.2, -0.15) is 0 Å². The van der Waals surface area contributed by atoms with Crippen molar-refractivity contribution in [3.63, 3.8) is 0 Å². The van der Waals surface area contributed by atoms with Gasteiger partial charge >= 0.3 is 0 Å². The molecule has 0 bridgehead atoms. The third kappa shape index (κ3) is 4.02. The molecule has 0 N–H and O–H groups in total. The van der Waals surface area contributed by atoms with Crippen LogP contribution in [0.15, 0.2) is 11.6 Å². The maximum absolute atomic E-state index is 12.3. The highest BCUT2D eigenvalue weighted by atomic mass is 16.1. The molecule has 2 heteroatoms. The number of ketones is 2. The largest absolute Gasteiger partial charge is 0.300 e. The molecule has 1 fully saturated rings. The summed E-state index contributed by atoms with van der Waals surface area (Å²) in [4.78, 5) is 23.6. The van der Waals surface area contributed by atoms with Gasteiger partial charge in [0.05, 0.1) is 0 Å². The Morgan fingerprint density at radius 2 is 1.79 bits per heavy atom. The molecule has 1 saturated carbocycles. The van der Waals surface area contributed by atoms with Crippen LogP contribution in [-0.4, -0.2) is 11.6 Å². The topological polar surface area (TPSA) is 34.1 Å². The lowest BCUT2D eigenvalue weighted by molar-refractivity contribution is -0.123. The Morgan fingerprint density at radius 1 is 1.11 bits per heavy atom. The molecule has 106 valence electrons. The van der Waals surface area contributed by atoms with Gasteiger partial charge < -0.3 is 0 Å². The smallest absolute Gasteiger partial charge is 0.139 e. The average molecular weight is 262 g/mol. The Labute approximate surface area is 116 Å². The number of carbonyl (C=O) groups is 2. The SMILES string of the molecule is CC(=O)C1CC=C(CC(=O)C2CCC(C)CC2)CC1. The second kappa shape index (κ2) is 6.49.